The average molecular weight is 486 g/mol. The average Bonchev–Trinajstić information content (AvgIpc) is 3.25. The molecule has 5 rings (SSSR count). The summed E-state index contributed by atoms with van der Waals surface area (Å²) in [5, 5.41) is 11.3. The van der Waals surface area contributed by atoms with E-state index in [-0.39, 0.29) is 19.0 Å². The summed E-state index contributed by atoms with van der Waals surface area (Å²) in [7, 11) is -4.90. The fourth-order valence-corrected chi connectivity index (χ4v) is 7.95. The molecule has 0 bridgehead atoms. The molecule has 3 saturated carbocycles. The number of phosphoric ester groups is 1. The van der Waals surface area contributed by atoms with Crippen molar-refractivity contribution in [2.75, 3.05) is 13.4 Å². The highest BCUT2D eigenvalue weighted by Gasteiger charge is 2.78. The summed E-state index contributed by atoms with van der Waals surface area (Å²) in [6.07, 6.45) is 3.19. The molecule has 0 aromatic carbocycles. The Morgan fingerprint density at radius 2 is 2.06 bits per heavy atom. The second kappa shape index (κ2) is 7.13. The number of rotatable bonds is 4. The Morgan fingerprint density at radius 1 is 1.33 bits per heavy atom. The highest BCUT2D eigenvalue weighted by Crippen LogP contribution is 2.71. The molecule has 1 saturated heterocycles. The van der Waals surface area contributed by atoms with Crippen LogP contribution in [0.4, 0.5) is 4.39 Å². The maximum Gasteiger partial charge on any atom is 0.470 e. The molecule has 0 unspecified atom stereocenters. The largest absolute Gasteiger partial charge is 0.470 e. The highest BCUT2D eigenvalue weighted by atomic mass is 31.2. The molecule has 182 valence electrons. The van der Waals surface area contributed by atoms with E-state index >= 15 is 4.39 Å². The monoisotopic (exact) mass is 486 g/mol. The van der Waals surface area contributed by atoms with Crippen LogP contribution in [-0.4, -0.2) is 63.3 Å². The maximum atomic E-state index is 17.1. The minimum Gasteiger partial charge on any atom is -0.390 e. The number of Topliss-reactive ketones (excluding diaryl/α,β-unsaturated/α-hetero) is 1. The number of hydrogen-bond donors (Lipinski definition) is 3. The van der Waals surface area contributed by atoms with Crippen LogP contribution in [0.1, 0.15) is 39.5 Å². The smallest absolute Gasteiger partial charge is 0.390 e. The molecule has 0 radical (unpaired) electrons. The molecular formula is C22H28FO9P. The van der Waals surface area contributed by atoms with Crippen molar-refractivity contribution in [2.24, 2.45) is 22.7 Å². The summed E-state index contributed by atoms with van der Waals surface area (Å²) in [6.45, 7) is 2.39. The SMILES string of the molecule is C[C@]12C=CC(=O)C=C1CC[C@H]1[C@@H]3C[C@H]4OCO[C@@]4(C(=O)COP(=O)(O)O)[C@@]3(C)C[C@H](O)[C@@]12F. The molecule has 1 heterocycles. The molecule has 0 amide bonds. The minimum atomic E-state index is -4.90. The van der Waals surface area contributed by atoms with Crippen molar-refractivity contribution in [3.05, 3.63) is 23.8 Å². The number of fused-ring (bicyclic) bond motifs is 7. The third-order valence-electron chi connectivity index (χ3n) is 9.13. The maximum absolute atomic E-state index is 17.1. The molecule has 33 heavy (non-hydrogen) atoms. The van der Waals surface area contributed by atoms with Gasteiger partial charge in [-0.3, -0.25) is 14.1 Å². The third kappa shape index (κ3) is 2.89. The van der Waals surface area contributed by atoms with Gasteiger partial charge in [-0.2, -0.15) is 0 Å². The Hall–Kier alpha value is -1.26. The second-order valence-corrected chi connectivity index (χ2v) is 11.6. The van der Waals surface area contributed by atoms with Gasteiger partial charge < -0.3 is 24.4 Å². The molecule has 4 aliphatic carbocycles. The van der Waals surface area contributed by atoms with E-state index in [1.54, 1.807) is 19.9 Å². The topological polar surface area (TPSA) is 140 Å². The van der Waals surface area contributed by atoms with Gasteiger partial charge in [-0.25, -0.2) is 8.96 Å². The Balaban J connectivity index is 1.56. The van der Waals surface area contributed by atoms with Crippen LogP contribution in [0.15, 0.2) is 23.8 Å². The number of carbonyl (C=O) groups excluding carboxylic acids is 2. The van der Waals surface area contributed by atoms with E-state index in [1.165, 1.54) is 12.2 Å². The van der Waals surface area contributed by atoms with E-state index < -0.39 is 66.4 Å². The lowest BCUT2D eigenvalue weighted by Gasteiger charge is -2.62. The normalized spacial score (nSPS) is 48.5. The molecule has 5 aliphatic rings. The van der Waals surface area contributed by atoms with Gasteiger partial charge in [-0.1, -0.05) is 18.6 Å². The zero-order chi connectivity index (χ0) is 24.0. The number of allylic oxidation sites excluding steroid dienone is 4. The van der Waals surface area contributed by atoms with Crippen LogP contribution in [0.5, 0.6) is 0 Å². The van der Waals surface area contributed by atoms with Gasteiger partial charge in [-0.05, 0) is 50.7 Å². The van der Waals surface area contributed by atoms with Crippen LogP contribution in [0.2, 0.25) is 0 Å². The minimum absolute atomic E-state index is 0.114. The number of ether oxygens (including phenoxy) is 2. The number of carbonyl (C=O) groups is 2. The summed E-state index contributed by atoms with van der Waals surface area (Å²) in [5.41, 5.74) is -5.23. The third-order valence-corrected chi connectivity index (χ3v) is 9.60. The molecule has 0 aromatic heterocycles. The van der Waals surface area contributed by atoms with Crippen LogP contribution in [-0.2, 0) is 28.2 Å². The molecule has 9 nitrogen and oxygen atoms in total. The summed E-state index contributed by atoms with van der Waals surface area (Å²) in [6, 6.07) is 0. The first-order chi connectivity index (χ1) is 15.3. The van der Waals surface area contributed by atoms with Crippen molar-refractivity contribution in [3.63, 3.8) is 0 Å². The Kier molecular flexibility index (Phi) is 5.08. The lowest BCUT2D eigenvalue weighted by atomic mass is 9.44. The van der Waals surface area contributed by atoms with Crippen LogP contribution in [0.3, 0.4) is 0 Å². The summed E-state index contributed by atoms with van der Waals surface area (Å²) in [5.74, 6) is -1.94. The van der Waals surface area contributed by atoms with Gasteiger partial charge in [0.15, 0.2) is 22.8 Å². The molecule has 4 fully saturated rings. The van der Waals surface area contributed by atoms with Gasteiger partial charge >= 0.3 is 7.82 Å². The van der Waals surface area contributed by atoms with Gasteiger partial charge in [0.05, 0.1) is 12.2 Å². The molecule has 0 spiro atoms. The van der Waals surface area contributed by atoms with Crippen molar-refractivity contribution in [2.45, 2.75) is 63.0 Å². The predicted molar refractivity (Wildman–Crippen MR) is 110 cm³/mol. The Bertz CT molecular complexity index is 1020. The Morgan fingerprint density at radius 3 is 2.76 bits per heavy atom. The van der Waals surface area contributed by atoms with Crippen molar-refractivity contribution >= 4 is 19.4 Å². The fraction of sp³-hybridized carbons (Fsp3) is 0.727. The molecule has 3 N–H and O–H groups in total. The summed E-state index contributed by atoms with van der Waals surface area (Å²) < 4.78 is 44.4. The Labute approximate surface area is 190 Å². The summed E-state index contributed by atoms with van der Waals surface area (Å²) in [4.78, 5) is 43.4. The lowest BCUT2D eigenvalue weighted by Crippen LogP contribution is -2.69. The van der Waals surface area contributed by atoms with E-state index in [1.807, 2.05) is 0 Å². The second-order valence-electron chi connectivity index (χ2n) is 10.3. The van der Waals surface area contributed by atoms with Gasteiger partial charge in [0.25, 0.3) is 0 Å². The van der Waals surface area contributed by atoms with Gasteiger partial charge in [0.1, 0.15) is 13.4 Å². The van der Waals surface area contributed by atoms with Gasteiger partial charge in [-0.15, -0.1) is 0 Å². The quantitative estimate of drug-likeness (QED) is 0.507. The van der Waals surface area contributed by atoms with E-state index in [0.29, 0.717) is 24.8 Å². The highest BCUT2D eigenvalue weighted by molar-refractivity contribution is 7.46. The van der Waals surface area contributed by atoms with Gasteiger partial charge in [0, 0.05) is 16.7 Å². The van der Waals surface area contributed by atoms with Crippen molar-refractivity contribution in [1.29, 1.82) is 0 Å². The molecule has 8 atom stereocenters. The molecule has 11 heteroatoms. The zero-order valence-electron chi connectivity index (χ0n) is 18.4. The standard InChI is InChI=1S/C22H28FO9P/c1-19-6-5-13(24)7-12(19)3-4-14-15-8-18-22(31-11-30-18,17(26)10-32-33(27,28)29)20(15,2)9-16(25)21(14,19)23/h5-7,14-16,18,25H,3-4,8-11H2,1-2H3,(H2,27,28,29)/t14-,15-,16-,18+,19-,20-,21-,22+/m0/s1. The van der Waals surface area contributed by atoms with Crippen LogP contribution in [0.25, 0.3) is 0 Å². The molecular weight excluding hydrogens is 458 g/mol. The number of hydrogen-bond acceptors (Lipinski definition) is 7. The number of aliphatic hydroxyl groups is 1. The van der Waals surface area contributed by atoms with E-state index in [2.05, 4.69) is 4.52 Å². The van der Waals surface area contributed by atoms with E-state index in [0.717, 1.165) is 0 Å². The number of aliphatic hydroxyl groups excluding tert-OH is 1. The van der Waals surface area contributed by atoms with E-state index in [4.69, 9.17) is 19.3 Å². The van der Waals surface area contributed by atoms with Crippen LogP contribution >= 0.6 is 7.82 Å². The van der Waals surface area contributed by atoms with Crippen molar-refractivity contribution in [3.8, 4) is 0 Å². The number of halogens is 1. The zero-order valence-corrected chi connectivity index (χ0v) is 19.3. The number of ketones is 2. The number of phosphoric acid groups is 1. The van der Waals surface area contributed by atoms with Gasteiger partial charge in [0.2, 0.25) is 0 Å². The predicted octanol–water partition coefficient (Wildman–Crippen LogP) is 1.76. The van der Waals surface area contributed by atoms with Crippen molar-refractivity contribution in [1.82, 2.24) is 0 Å². The lowest BCUT2D eigenvalue weighted by molar-refractivity contribution is -0.222. The first kappa shape index (κ1) is 23.5. The van der Waals surface area contributed by atoms with Crippen LogP contribution in [0, 0.1) is 22.7 Å². The fourth-order valence-electron chi connectivity index (χ4n) is 7.67. The first-order valence-electron chi connectivity index (χ1n) is 11.1. The molecule has 0 aromatic rings. The molecule has 1 aliphatic heterocycles. The number of alkyl halides is 1. The van der Waals surface area contributed by atoms with Crippen molar-refractivity contribution < 1.29 is 47.4 Å². The van der Waals surface area contributed by atoms with E-state index in [9.17, 15) is 19.3 Å². The van der Waals surface area contributed by atoms with Crippen LogP contribution < -0.4 is 0 Å². The first-order valence-corrected chi connectivity index (χ1v) is 12.6. The summed E-state index contributed by atoms with van der Waals surface area (Å²) >= 11 is 0.